The van der Waals surface area contributed by atoms with Gasteiger partial charge < -0.3 is 9.80 Å². The number of hydrogen-bond acceptors (Lipinski definition) is 3. The zero-order chi connectivity index (χ0) is 23.4. The van der Waals surface area contributed by atoms with Crippen LogP contribution >= 0.6 is 0 Å². The standard InChI is InChI=1S/C27H32N4O2/c1-4-14-31-19-24(18-28-31)25(32)30-15-13-27(20-30,26(33)29(2)3)17-21-9-8-12-23(16-21)22-10-6-5-7-11-22/h5-12,16,18-19H,4,13-15,17,20H2,1-3H3/t27-/m1/s1. The monoisotopic (exact) mass is 444 g/mol. The molecule has 4 rings (SSSR count). The first-order valence-electron chi connectivity index (χ1n) is 11.6. The average molecular weight is 445 g/mol. The predicted molar refractivity (Wildman–Crippen MR) is 130 cm³/mol. The van der Waals surface area contributed by atoms with Crippen molar-refractivity contribution in [3.8, 4) is 11.1 Å². The summed E-state index contributed by atoms with van der Waals surface area (Å²) in [4.78, 5) is 30.1. The molecular weight excluding hydrogens is 412 g/mol. The van der Waals surface area contributed by atoms with Gasteiger partial charge in [-0.3, -0.25) is 14.3 Å². The Balaban J connectivity index is 1.58. The van der Waals surface area contributed by atoms with E-state index in [2.05, 4.69) is 42.4 Å². The summed E-state index contributed by atoms with van der Waals surface area (Å²) in [6, 6.07) is 18.6. The Morgan fingerprint density at radius 2 is 1.82 bits per heavy atom. The van der Waals surface area contributed by atoms with Gasteiger partial charge in [-0.15, -0.1) is 0 Å². The summed E-state index contributed by atoms with van der Waals surface area (Å²) in [5.41, 5.74) is 3.35. The zero-order valence-electron chi connectivity index (χ0n) is 19.7. The molecule has 3 aromatic rings. The number of amides is 2. The number of hydrogen-bond donors (Lipinski definition) is 0. The Morgan fingerprint density at radius 1 is 1.06 bits per heavy atom. The second kappa shape index (κ2) is 9.61. The number of rotatable bonds is 7. The molecule has 6 heteroatoms. The minimum atomic E-state index is -0.631. The van der Waals surface area contributed by atoms with Crippen LogP contribution < -0.4 is 0 Å². The van der Waals surface area contributed by atoms with Gasteiger partial charge in [0.05, 0.1) is 17.2 Å². The molecule has 2 heterocycles. The van der Waals surface area contributed by atoms with Crippen LogP contribution in [0.5, 0.6) is 0 Å². The fraction of sp³-hybridized carbons (Fsp3) is 0.370. The average Bonchev–Trinajstić information content (AvgIpc) is 3.47. The Labute approximate surface area is 195 Å². The molecule has 0 aliphatic carbocycles. The highest BCUT2D eigenvalue weighted by atomic mass is 16.2. The Kier molecular flexibility index (Phi) is 6.63. The number of aryl methyl sites for hydroxylation is 1. The van der Waals surface area contributed by atoms with Crippen LogP contribution in [-0.2, 0) is 17.8 Å². The van der Waals surface area contributed by atoms with Crippen molar-refractivity contribution in [2.24, 2.45) is 5.41 Å². The van der Waals surface area contributed by atoms with Crippen molar-refractivity contribution in [2.45, 2.75) is 32.7 Å². The van der Waals surface area contributed by atoms with E-state index >= 15 is 0 Å². The highest BCUT2D eigenvalue weighted by molar-refractivity contribution is 5.95. The summed E-state index contributed by atoms with van der Waals surface area (Å²) in [7, 11) is 3.59. The third-order valence-electron chi connectivity index (χ3n) is 6.41. The van der Waals surface area contributed by atoms with Crippen molar-refractivity contribution >= 4 is 11.8 Å². The molecule has 0 N–H and O–H groups in total. The van der Waals surface area contributed by atoms with Crippen LogP contribution in [-0.4, -0.2) is 58.6 Å². The largest absolute Gasteiger partial charge is 0.348 e. The minimum absolute atomic E-state index is 0.0520. The molecule has 0 bridgehead atoms. The van der Waals surface area contributed by atoms with Gasteiger partial charge in [-0.1, -0.05) is 61.5 Å². The Hall–Kier alpha value is -3.41. The first-order valence-corrected chi connectivity index (χ1v) is 11.6. The summed E-state index contributed by atoms with van der Waals surface area (Å²) in [5.74, 6) is 0.0217. The molecule has 172 valence electrons. The summed E-state index contributed by atoms with van der Waals surface area (Å²) in [6.45, 7) is 3.85. The maximum atomic E-state index is 13.4. The normalized spacial score (nSPS) is 17.8. The molecular formula is C27H32N4O2. The molecule has 0 unspecified atom stereocenters. The van der Waals surface area contributed by atoms with Crippen molar-refractivity contribution < 1.29 is 9.59 Å². The maximum Gasteiger partial charge on any atom is 0.257 e. The van der Waals surface area contributed by atoms with Crippen LogP contribution in [0.15, 0.2) is 67.0 Å². The van der Waals surface area contributed by atoms with Crippen LogP contribution in [0.2, 0.25) is 0 Å². The van der Waals surface area contributed by atoms with Gasteiger partial charge in [0, 0.05) is 39.9 Å². The molecule has 1 saturated heterocycles. The lowest BCUT2D eigenvalue weighted by Gasteiger charge is -2.31. The van der Waals surface area contributed by atoms with Crippen molar-refractivity contribution in [2.75, 3.05) is 27.2 Å². The highest BCUT2D eigenvalue weighted by Crippen LogP contribution is 2.37. The van der Waals surface area contributed by atoms with Crippen LogP contribution in [0.1, 0.15) is 35.7 Å². The number of likely N-dealkylation sites (tertiary alicyclic amines) is 1. The van der Waals surface area contributed by atoms with E-state index < -0.39 is 5.41 Å². The summed E-state index contributed by atoms with van der Waals surface area (Å²) in [6.07, 6.45) is 5.65. The Morgan fingerprint density at radius 3 is 2.55 bits per heavy atom. The second-order valence-electron chi connectivity index (χ2n) is 9.19. The quantitative estimate of drug-likeness (QED) is 0.551. The first kappa shape index (κ1) is 22.8. The predicted octanol–water partition coefficient (Wildman–Crippen LogP) is 4.12. The number of carbonyl (C=O) groups is 2. The Bertz CT molecular complexity index is 1120. The van der Waals surface area contributed by atoms with Gasteiger partial charge in [0.1, 0.15) is 0 Å². The van der Waals surface area contributed by atoms with E-state index in [4.69, 9.17) is 0 Å². The fourth-order valence-corrected chi connectivity index (χ4v) is 4.80. The SMILES string of the molecule is CCCn1cc(C(=O)N2CC[C@](Cc3cccc(-c4ccccc4)c3)(C(=O)N(C)C)C2)cn1. The van der Waals surface area contributed by atoms with Gasteiger partial charge >= 0.3 is 0 Å². The molecule has 2 aromatic carbocycles. The van der Waals surface area contributed by atoms with Gasteiger partial charge in [0.15, 0.2) is 0 Å². The van der Waals surface area contributed by atoms with Gasteiger partial charge in [-0.2, -0.15) is 5.10 Å². The van der Waals surface area contributed by atoms with Gasteiger partial charge in [0.25, 0.3) is 5.91 Å². The van der Waals surface area contributed by atoms with E-state index in [9.17, 15) is 9.59 Å². The minimum Gasteiger partial charge on any atom is -0.348 e. The van der Waals surface area contributed by atoms with E-state index in [1.807, 2.05) is 35.4 Å². The highest BCUT2D eigenvalue weighted by Gasteiger charge is 2.47. The first-order chi connectivity index (χ1) is 15.9. The summed E-state index contributed by atoms with van der Waals surface area (Å²) < 4.78 is 1.80. The lowest BCUT2D eigenvalue weighted by molar-refractivity contribution is -0.138. The number of carbonyl (C=O) groups excluding carboxylic acids is 2. The lowest BCUT2D eigenvalue weighted by Crippen LogP contribution is -2.44. The number of aromatic nitrogens is 2. The summed E-state index contributed by atoms with van der Waals surface area (Å²) in [5, 5.41) is 4.30. The van der Waals surface area contributed by atoms with E-state index in [-0.39, 0.29) is 11.8 Å². The van der Waals surface area contributed by atoms with Crippen LogP contribution in [0, 0.1) is 5.41 Å². The zero-order valence-corrected chi connectivity index (χ0v) is 19.7. The van der Waals surface area contributed by atoms with Crippen molar-refractivity contribution in [1.82, 2.24) is 19.6 Å². The topological polar surface area (TPSA) is 58.4 Å². The van der Waals surface area contributed by atoms with E-state index in [0.29, 0.717) is 31.5 Å². The van der Waals surface area contributed by atoms with E-state index in [1.54, 1.807) is 29.9 Å². The molecule has 6 nitrogen and oxygen atoms in total. The van der Waals surface area contributed by atoms with Gasteiger partial charge in [-0.05, 0) is 36.0 Å². The van der Waals surface area contributed by atoms with Gasteiger partial charge in [-0.25, -0.2) is 0 Å². The van der Waals surface area contributed by atoms with Crippen molar-refractivity contribution in [3.63, 3.8) is 0 Å². The number of benzene rings is 2. The molecule has 1 atom stereocenters. The molecule has 2 amide bonds. The fourth-order valence-electron chi connectivity index (χ4n) is 4.80. The molecule has 0 saturated carbocycles. The molecule has 0 spiro atoms. The third-order valence-corrected chi connectivity index (χ3v) is 6.41. The summed E-state index contributed by atoms with van der Waals surface area (Å²) >= 11 is 0. The smallest absolute Gasteiger partial charge is 0.257 e. The second-order valence-corrected chi connectivity index (χ2v) is 9.19. The molecule has 0 radical (unpaired) electrons. The van der Waals surface area contributed by atoms with Crippen molar-refractivity contribution in [3.05, 3.63) is 78.1 Å². The van der Waals surface area contributed by atoms with Crippen molar-refractivity contribution in [1.29, 1.82) is 0 Å². The van der Waals surface area contributed by atoms with E-state index in [1.165, 1.54) is 0 Å². The molecule has 1 aliphatic heterocycles. The van der Waals surface area contributed by atoms with Crippen LogP contribution in [0.3, 0.4) is 0 Å². The molecule has 1 fully saturated rings. The van der Waals surface area contributed by atoms with Crippen LogP contribution in [0.25, 0.3) is 11.1 Å². The lowest BCUT2D eigenvalue weighted by atomic mass is 9.79. The molecule has 33 heavy (non-hydrogen) atoms. The molecule has 1 aliphatic rings. The number of nitrogens with zero attached hydrogens (tertiary/aromatic N) is 4. The van der Waals surface area contributed by atoms with E-state index in [0.717, 1.165) is 29.7 Å². The molecule has 1 aromatic heterocycles. The van der Waals surface area contributed by atoms with Gasteiger partial charge in [0.2, 0.25) is 5.91 Å². The third kappa shape index (κ3) is 4.85. The maximum absolute atomic E-state index is 13.4. The van der Waals surface area contributed by atoms with Crippen LogP contribution in [0.4, 0.5) is 0 Å².